The summed E-state index contributed by atoms with van der Waals surface area (Å²) in [5.74, 6) is -0.266. The molecule has 0 saturated heterocycles. The van der Waals surface area contributed by atoms with Crippen molar-refractivity contribution >= 4 is 17.2 Å². The van der Waals surface area contributed by atoms with Gasteiger partial charge in [0.1, 0.15) is 5.70 Å². The Morgan fingerprint density at radius 1 is 1.00 bits per heavy atom. The SMILES string of the molecule is Cc1ccc(NC2=C([N+]#N)C(=O)c3ccccc32)cc1. The Balaban J connectivity index is 2.07. The summed E-state index contributed by atoms with van der Waals surface area (Å²) < 4.78 is 0. The van der Waals surface area contributed by atoms with Crippen LogP contribution in [0.4, 0.5) is 5.69 Å². The smallest absolute Gasteiger partial charge is 0.348 e. The molecule has 0 aromatic heterocycles. The number of hydrogen-bond donors (Lipinski definition) is 1. The number of aryl methyl sites for hydroxylation is 1. The second kappa shape index (κ2) is 4.63. The highest BCUT2D eigenvalue weighted by atomic mass is 16.1. The number of allylic oxidation sites excluding steroid dienone is 1. The molecule has 0 aliphatic heterocycles. The molecule has 0 amide bonds. The fraction of sp³-hybridized carbons (Fsp3) is 0.0625. The highest BCUT2D eigenvalue weighted by Gasteiger charge is 2.39. The second-order valence-corrected chi connectivity index (χ2v) is 4.69. The number of benzene rings is 2. The molecule has 3 rings (SSSR count). The number of Topliss-reactive ketones (excluding diaryl/α,β-unsaturated/α-hetero) is 1. The van der Waals surface area contributed by atoms with E-state index < -0.39 is 0 Å². The molecule has 0 radical (unpaired) electrons. The molecule has 96 valence electrons. The molecular weight excluding hydrogens is 250 g/mol. The van der Waals surface area contributed by atoms with Gasteiger partial charge in [-0.25, -0.2) is 0 Å². The van der Waals surface area contributed by atoms with Crippen molar-refractivity contribution in [2.45, 2.75) is 6.92 Å². The molecule has 0 spiro atoms. The van der Waals surface area contributed by atoms with E-state index in [-0.39, 0.29) is 11.5 Å². The highest BCUT2D eigenvalue weighted by molar-refractivity contribution is 6.22. The Morgan fingerprint density at radius 3 is 2.30 bits per heavy atom. The Labute approximate surface area is 116 Å². The molecule has 20 heavy (non-hydrogen) atoms. The van der Waals surface area contributed by atoms with Crippen molar-refractivity contribution in [3.8, 4) is 0 Å². The number of rotatable bonds is 2. The predicted octanol–water partition coefficient (Wildman–Crippen LogP) is 3.83. The predicted molar refractivity (Wildman–Crippen MR) is 77.6 cm³/mol. The molecule has 1 aliphatic carbocycles. The van der Waals surface area contributed by atoms with Gasteiger partial charge in [0.2, 0.25) is 5.39 Å². The molecule has 1 N–H and O–H groups in total. The third-order valence-electron chi connectivity index (χ3n) is 3.31. The summed E-state index contributed by atoms with van der Waals surface area (Å²) in [4.78, 5) is 15.3. The van der Waals surface area contributed by atoms with E-state index >= 15 is 0 Å². The minimum atomic E-state index is -0.266. The minimum Gasteiger partial charge on any atom is -0.348 e. The number of carbonyl (C=O) groups is 1. The fourth-order valence-electron chi connectivity index (χ4n) is 2.27. The molecule has 0 saturated carbocycles. The standard InChI is InChI=1S/C16H11N3O/c1-10-6-8-11(9-7-10)18-14-12-4-2-3-5-13(12)16(20)15(14)19-17/h2-9H,1H3/p+1. The van der Waals surface area contributed by atoms with Crippen molar-refractivity contribution in [1.82, 2.24) is 0 Å². The maximum Gasteiger partial charge on any atom is 0.455 e. The molecule has 0 fully saturated rings. The van der Waals surface area contributed by atoms with Gasteiger partial charge in [-0.3, -0.25) is 4.79 Å². The van der Waals surface area contributed by atoms with Crippen LogP contribution in [0.1, 0.15) is 21.5 Å². The van der Waals surface area contributed by atoms with Crippen molar-refractivity contribution in [1.29, 1.82) is 5.39 Å². The average Bonchev–Trinajstić information content (AvgIpc) is 2.74. The van der Waals surface area contributed by atoms with Crippen molar-refractivity contribution < 1.29 is 4.79 Å². The van der Waals surface area contributed by atoms with E-state index in [4.69, 9.17) is 5.39 Å². The van der Waals surface area contributed by atoms with E-state index in [9.17, 15) is 4.79 Å². The van der Waals surface area contributed by atoms with Gasteiger partial charge in [-0.05, 0) is 19.1 Å². The summed E-state index contributed by atoms with van der Waals surface area (Å²) in [5, 5.41) is 12.3. The Kier molecular flexibility index (Phi) is 2.81. The molecule has 0 bridgehead atoms. The molecule has 4 heteroatoms. The third-order valence-corrected chi connectivity index (χ3v) is 3.31. The van der Waals surface area contributed by atoms with Gasteiger partial charge < -0.3 is 5.32 Å². The van der Waals surface area contributed by atoms with Gasteiger partial charge in [-0.15, -0.1) is 0 Å². The Hall–Kier alpha value is -2.93. The minimum absolute atomic E-state index is 0.0479. The monoisotopic (exact) mass is 262 g/mol. The number of anilines is 1. The number of ketones is 1. The summed E-state index contributed by atoms with van der Waals surface area (Å²) in [7, 11) is 0. The van der Waals surface area contributed by atoms with Crippen LogP contribution in [0.5, 0.6) is 0 Å². The molecule has 0 unspecified atom stereocenters. The molecule has 4 nitrogen and oxygen atoms in total. The van der Waals surface area contributed by atoms with Gasteiger partial charge in [0.05, 0.1) is 0 Å². The van der Waals surface area contributed by atoms with Crippen molar-refractivity contribution in [2.24, 2.45) is 0 Å². The van der Waals surface area contributed by atoms with E-state index in [1.54, 1.807) is 12.1 Å². The summed E-state index contributed by atoms with van der Waals surface area (Å²) in [6, 6.07) is 15.0. The van der Waals surface area contributed by atoms with Gasteiger partial charge in [-0.1, -0.05) is 42.0 Å². The first-order valence-electron chi connectivity index (χ1n) is 6.28. The van der Waals surface area contributed by atoms with Gasteiger partial charge in [0, 0.05) is 16.8 Å². The van der Waals surface area contributed by atoms with Crippen LogP contribution in [0, 0.1) is 12.3 Å². The summed E-state index contributed by atoms with van der Waals surface area (Å²) in [5.41, 5.74) is 3.89. The number of fused-ring (bicyclic) bond motifs is 1. The van der Waals surface area contributed by atoms with Gasteiger partial charge in [-0.2, -0.15) is 0 Å². The molecule has 0 atom stereocenters. The van der Waals surface area contributed by atoms with Gasteiger partial charge in [0.25, 0.3) is 5.78 Å². The number of nitrogens with one attached hydrogen (secondary N) is 1. The van der Waals surface area contributed by atoms with Crippen LogP contribution in [0.2, 0.25) is 0 Å². The van der Waals surface area contributed by atoms with Crippen LogP contribution in [0.15, 0.2) is 54.2 Å². The van der Waals surface area contributed by atoms with Crippen LogP contribution in [-0.2, 0) is 0 Å². The Bertz CT molecular complexity index is 767. The van der Waals surface area contributed by atoms with Crippen LogP contribution in [0.25, 0.3) is 10.7 Å². The van der Waals surface area contributed by atoms with Crippen LogP contribution < -0.4 is 5.32 Å². The molecular formula is C16H12N3O+. The second-order valence-electron chi connectivity index (χ2n) is 4.69. The van der Waals surface area contributed by atoms with Crippen molar-refractivity contribution in [2.75, 3.05) is 5.32 Å². The average molecular weight is 262 g/mol. The zero-order valence-electron chi connectivity index (χ0n) is 10.9. The Morgan fingerprint density at radius 2 is 1.65 bits per heavy atom. The van der Waals surface area contributed by atoms with Crippen LogP contribution in [0.3, 0.4) is 0 Å². The summed E-state index contributed by atoms with van der Waals surface area (Å²) in [6.45, 7) is 2.01. The number of hydrogen-bond acceptors (Lipinski definition) is 3. The van der Waals surface area contributed by atoms with Crippen molar-refractivity contribution in [3.05, 3.63) is 75.9 Å². The maximum atomic E-state index is 12.1. The maximum absolute atomic E-state index is 12.1. The van der Waals surface area contributed by atoms with E-state index in [1.165, 1.54) is 0 Å². The van der Waals surface area contributed by atoms with Gasteiger partial charge in [0.15, 0.2) is 4.98 Å². The first-order valence-corrected chi connectivity index (χ1v) is 6.28. The molecule has 2 aromatic carbocycles. The first kappa shape index (κ1) is 12.1. The lowest BCUT2D eigenvalue weighted by Gasteiger charge is -2.06. The largest absolute Gasteiger partial charge is 0.455 e. The van der Waals surface area contributed by atoms with Crippen LogP contribution >= 0.6 is 0 Å². The summed E-state index contributed by atoms with van der Waals surface area (Å²) in [6.07, 6.45) is 0. The lowest BCUT2D eigenvalue weighted by molar-refractivity contribution is 0.104. The first-order chi connectivity index (χ1) is 9.70. The van der Waals surface area contributed by atoms with Crippen LogP contribution in [-0.4, -0.2) is 5.78 Å². The lowest BCUT2D eigenvalue weighted by Crippen LogP contribution is -1.98. The van der Waals surface area contributed by atoms with E-state index in [0.29, 0.717) is 11.3 Å². The zero-order chi connectivity index (χ0) is 14.1. The quantitative estimate of drug-likeness (QED) is 0.837. The zero-order valence-corrected chi connectivity index (χ0v) is 10.9. The van der Waals surface area contributed by atoms with Gasteiger partial charge >= 0.3 is 5.70 Å². The highest BCUT2D eigenvalue weighted by Crippen LogP contribution is 2.34. The van der Waals surface area contributed by atoms with E-state index in [2.05, 4.69) is 10.3 Å². The molecule has 0 heterocycles. The topological polar surface area (TPSA) is 57.2 Å². The summed E-state index contributed by atoms with van der Waals surface area (Å²) >= 11 is 0. The molecule has 2 aromatic rings. The van der Waals surface area contributed by atoms with E-state index in [1.807, 2.05) is 43.3 Å². The van der Waals surface area contributed by atoms with E-state index in [0.717, 1.165) is 16.8 Å². The number of nitrogens with zero attached hydrogens (tertiary/aromatic N) is 2. The lowest BCUT2D eigenvalue weighted by atomic mass is 10.1. The third kappa shape index (κ3) is 1.86. The number of diazo groups is 1. The fourth-order valence-corrected chi connectivity index (χ4v) is 2.27. The normalized spacial score (nSPS) is 13.1. The molecule has 1 aliphatic rings. The number of carbonyl (C=O) groups excluding carboxylic acids is 1. The van der Waals surface area contributed by atoms with Crippen molar-refractivity contribution in [3.63, 3.8) is 0 Å².